The van der Waals surface area contributed by atoms with Crippen LogP contribution in [-0.2, 0) is 19.3 Å². The van der Waals surface area contributed by atoms with Crippen molar-refractivity contribution in [3.8, 4) is 0 Å². The summed E-state index contributed by atoms with van der Waals surface area (Å²) in [5, 5.41) is 3.58. The van der Waals surface area contributed by atoms with Gasteiger partial charge in [-0.25, -0.2) is 0 Å². The minimum Gasteiger partial charge on any atom is -0.385 e. The highest BCUT2D eigenvalue weighted by Gasteiger charge is 2.14. The third kappa shape index (κ3) is 1.75. The number of aryl methyl sites for hydroxylation is 3. The molecule has 1 aliphatic heterocycles. The summed E-state index contributed by atoms with van der Waals surface area (Å²) in [6, 6.07) is 4.90. The average Bonchev–Trinajstić information content (AvgIpc) is 2.50. The Morgan fingerprint density at radius 1 is 0.733 bits per heavy atom. The van der Waals surface area contributed by atoms with E-state index in [1.165, 1.54) is 50.6 Å². The quantitative estimate of drug-likeness (QED) is 0.679. The number of rotatable bonds is 0. The first-order chi connectivity index (χ1) is 7.43. The van der Waals surface area contributed by atoms with Crippen molar-refractivity contribution in [2.75, 3.05) is 11.9 Å². The van der Waals surface area contributed by atoms with Gasteiger partial charge in [0.15, 0.2) is 0 Å². The Morgan fingerprint density at radius 3 is 2.27 bits per heavy atom. The van der Waals surface area contributed by atoms with Gasteiger partial charge in [-0.2, -0.15) is 0 Å². The summed E-state index contributed by atoms with van der Waals surface area (Å²) in [5.41, 5.74) is 6.22. The van der Waals surface area contributed by atoms with E-state index in [2.05, 4.69) is 17.4 Å². The Kier molecular flexibility index (Phi) is 2.40. The molecule has 0 amide bonds. The molecular formula is C14H19N. The van der Waals surface area contributed by atoms with Gasteiger partial charge >= 0.3 is 0 Å². The van der Waals surface area contributed by atoms with Crippen LogP contribution in [0.5, 0.6) is 0 Å². The summed E-state index contributed by atoms with van der Waals surface area (Å²) >= 11 is 0. The molecule has 1 aromatic rings. The van der Waals surface area contributed by atoms with E-state index in [-0.39, 0.29) is 0 Å². The Morgan fingerprint density at radius 2 is 1.40 bits per heavy atom. The zero-order chi connectivity index (χ0) is 10.1. The highest BCUT2D eigenvalue weighted by Crippen LogP contribution is 2.29. The molecule has 1 nitrogen and oxygen atoms in total. The molecule has 0 saturated carbocycles. The maximum atomic E-state index is 3.58. The first kappa shape index (κ1) is 9.26. The Balaban J connectivity index is 2.02. The van der Waals surface area contributed by atoms with Crippen LogP contribution in [0.15, 0.2) is 12.1 Å². The second-order valence-electron chi connectivity index (χ2n) is 4.87. The summed E-state index contributed by atoms with van der Waals surface area (Å²) in [4.78, 5) is 0. The van der Waals surface area contributed by atoms with Crippen LogP contribution in [0.2, 0.25) is 0 Å². The predicted octanol–water partition coefficient (Wildman–Crippen LogP) is 3.31. The lowest BCUT2D eigenvalue weighted by Crippen LogP contribution is -2.06. The molecule has 1 heteroatoms. The van der Waals surface area contributed by atoms with E-state index in [0.717, 1.165) is 6.54 Å². The molecule has 1 aromatic carbocycles. The molecule has 0 fully saturated rings. The molecule has 2 aliphatic rings. The number of anilines is 1. The van der Waals surface area contributed by atoms with Gasteiger partial charge in [-0.05, 0) is 67.7 Å². The fourth-order valence-electron chi connectivity index (χ4n) is 2.87. The Hall–Kier alpha value is -0.980. The van der Waals surface area contributed by atoms with Crippen molar-refractivity contribution < 1.29 is 0 Å². The van der Waals surface area contributed by atoms with Crippen molar-refractivity contribution in [3.05, 3.63) is 28.8 Å². The van der Waals surface area contributed by atoms with E-state index in [1.54, 1.807) is 16.7 Å². The van der Waals surface area contributed by atoms with Crippen LogP contribution >= 0.6 is 0 Å². The van der Waals surface area contributed by atoms with E-state index < -0.39 is 0 Å². The lowest BCUT2D eigenvalue weighted by Gasteiger charge is -2.19. The third-order valence-corrected chi connectivity index (χ3v) is 3.76. The van der Waals surface area contributed by atoms with E-state index in [4.69, 9.17) is 0 Å². The molecule has 1 aliphatic carbocycles. The molecule has 0 saturated heterocycles. The fourth-order valence-corrected chi connectivity index (χ4v) is 2.87. The van der Waals surface area contributed by atoms with Crippen LogP contribution in [0.3, 0.4) is 0 Å². The topological polar surface area (TPSA) is 12.0 Å². The van der Waals surface area contributed by atoms with Crippen LogP contribution in [-0.4, -0.2) is 6.54 Å². The highest BCUT2D eigenvalue weighted by molar-refractivity contribution is 5.57. The van der Waals surface area contributed by atoms with Crippen LogP contribution in [0.1, 0.15) is 42.4 Å². The lowest BCUT2D eigenvalue weighted by molar-refractivity contribution is 0.684. The van der Waals surface area contributed by atoms with Crippen LogP contribution < -0.4 is 5.32 Å². The maximum Gasteiger partial charge on any atom is 0.0375 e. The van der Waals surface area contributed by atoms with Crippen LogP contribution in [0, 0.1) is 0 Å². The number of hydrogen-bond donors (Lipinski definition) is 1. The van der Waals surface area contributed by atoms with Gasteiger partial charge in [0, 0.05) is 12.2 Å². The monoisotopic (exact) mass is 201 g/mol. The number of nitrogens with one attached hydrogen (secondary N) is 1. The van der Waals surface area contributed by atoms with Crippen molar-refractivity contribution in [3.63, 3.8) is 0 Å². The number of hydrogen-bond acceptors (Lipinski definition) is 1. The molecule has 0 bridgehead atoms. The average molecular weight is 201 g/mol. The van der Waals surface area contributed by atoms with Crippen molar-refractivity contribution >= 4 is 5.69 Å². The predicted molar refractivity (Wildman–Crippen MR) is 64.5 cm³/mol. The summed E-state index contributed by atoms with van der Waals surface area (Å²) < 4.78 is 0. The highest BCUT2D eigenvalue weighted by atomic mass is 14.9. The molecule has 0 spiro atoms. The second-order valence-corrected chi connectivity index (χ2v) is 4.87. The lowest BCUT2D eigenvalue weighted by atomic mass is 9.89. The molecular weight excluding hydrogens is 182 g/mol. The maximum absolute atomic E-state index is 3.58. The minimum atomic E-state index is 1.16. The standard InChI is InChI=1S/C14H19N/c1-2-6-12-10-14-13(9-11(12)5-1)7-3-4-8-15-14/h9-10,15H,1-8H2. The summed E-state index contributed by atoms with van der Waals surface area (Å²) in [6.07, 6.45) is 9.31. The van der Waals surface area contributed by atoms with Crippen LogP contribution in [0.25, 0.3) is 0 Å². The first-order valence-corrected chi connectivity index (χ1v) is 6.32. The molecule has 0 unspecified atom stereocenters. The normalized spacial score (nSPS) is 19.7. The van der Waals surface area contributed by atoms with Gasteiger partial charge in [-0.3, -0.25) is 0 Å². The smallest absolute Gasteiger partial charge is 0.0375 e. The minimum absolute atomic E-state index is 1.16. The summed E-state index contributed by atoms with van der Waals surface area (Å²) in [6.45, 7) is 1.16. The number of benzene rings is 1. The molecule has 15 heavy (non-hydrogen) atoms. The van der Waals surface area contributed by atoms with E-state index in [0.29, 0.717) is 0 Å². The van der Waals surface area contributed by atoms with Crippen molar-refractivity contribution in [2.24, 2.45) is 0 Å². The molecule has 80 valence electrons. The first-order valence-electron chi connectivity index (χ1n) is 6.32. The van der Waals surface area contributed by atoms with Gasteiger partial charge in [0.2, 0.25) is 0 Å². The van der Waals surface area contributed by atoms with Gasteiger partial charge in [-0.1, -0.05) is 6.07 Å². The second kappa shape index (κ2) is 3.88. The van der Waals surface area contributed by atoms with Gasteiger partial charge in [0.05, 0.1) is 0 Å². The van der Waals surface area contributed by atoms with Gasteiger partial charge in [0.1, 0.15) is 0 Å². The molecule has 1 heterocycles. The molecule has 3 rings (SSSR count). The molecule has 1 N–H and O–H groups in total. The third-order valence-electron chi connectivity index (χ3n) is 3.76. The van der Waals surface area contributed by atoms with Crippen molar-refractivity contribution in [1.82, 2.24) is 0 Å². The number of fused-ring (bicyclic) bond motifs is 2. The van der Waals surface area contributed by atoms with Gasteiger partial charge in [0.25, 0.3) is 0 Å². The zero-order valence-corrected chi connectivity index (χ0v) is 9.31. The van der Waals surface area contributed by atoms with E-state index in [1.807, 2.05) is 0 Å². The fraction of sp³-hybridized carbons (Fsp3) is 0.571. The molecule has 0 atom stereocenters. The summed E-state index contributed by atoms with van der Waals surface area (Å²) in [7, 11) is 0. The van der Waals surface area contributed by atoms with Gasteiger partial charge < -0.3 is 5.32 Å². The van der Waals surface area contributed by atoms with E-state index in [9.17, 15) is 0 Å². The Bertz CT molecular complexity index is 333. The van der Waals surface area contributed by atoms with E-state index >= 15 is 0 Å². The largest absolute Gasteiger partial charge is 0.385 e. The van der Waals surface area contributed by atoms with Crippen LogP contribution in [0.4, 0.5) is 5.69 Å². The SMILES string of the molecule is c1c2c(cc3c1CCCCN3)CCCC2. The van der Waals surface area contributed by atoms with Gasteiger partial charge in [-0.15, -0.1) is 0 Å². The zero-order valence-electron chi connectivity index (χ0n) is 9.31. The van der Waals surface area contributed by atoms with Crippen molar-refractivity contribution in [1.29, 1.82) is 0 Å². The molecule has 0 radical (unpaired) electrons. The summed E-state index contributed by atoms with van der Waals surface area (Å²) in [5.74, 6) is 0. The Labute approximate surface area is 91.9 Å². The van der Waals surface area contributed by atoms with Crippen molar-refractivity contribution in [2.45, 2.75) is 44.9 Å². The molecule has 0 aromatic heterocycles.